The van der Waals surface area contributed by atoms with Gasteiger partial charge in [0, 0.05) is 42.8 Å². The molecule has 1 amide bonds. The maximum atomic E-state index is 12.4. The van der Waals surface area contributed by atoms with Gasteiger partial charge in [0.05, 0.1) is 4.90 Å². The summed E-state index contributed by atoms with van der Waals surface area (Å²) in [5.74, 6) is -0.239. The number of aryl methyl sites for hydroxylation is 1. The molecule has 0 aliphatic heterocycles. The third-order valence-corrected chi connectivity index (χ3v) is 7.01. The third-order valence-electron chi connectivity index (χ3n) is 4.08. The normalized spacial score (nSPS) is 11.9. The van der Waals surface area contributed by atoms with Crippen molar-refractivity contribution in [2.75, 3.05) is 12.4 Å². The first-order chi connectivity index (χ1) is 12.1. The summed E-state index contributed by atoms with van der Waals surface area (Å²) in [5, 5.41) is 4.47. The van der Waals surface area contributed by atoms with Gasteiger partial charge in [0.1, 0.15) is 0 Å². The fraction of sp³-hybridized carbons (Fsp3) is 0.412. The number of aromatic nitrogens is 1. The Morgan fingerprint density at radius 3 is 2.38 bits per heavy atom. The van der Waals surface area contributed by atoms with Crippen molar-refractivity contribution in [1.29, 1.82) is 0 Å². The molecule has 1 heterocycles. The van der Waals surface area contributed by atoms with E-state index in [2.05, 4.69) is 5.32 Å². The van der Waals surface area contributed by atoms with E-state index in [-0.39, 0.29) is 28.1 Å². The van der Waals surface area contributed by atoms with Crippen LogP contribution in [0.3, 0.4) is 0 Å². The minimum Gasteiger partial charge on any atom is -0.326 e. The van der Waals surface area contributed by atoms with Crippen LogP contribution in [-0.4, -0.2) is 36.3 Å². The van der Waals surface area contributed by atoms with Gasteiger partial charge in [-0.15, -0.1) is 0 Å². The first kappa shape index (κ1) is 20.3. The van der Waals surface area contributed by atoms with E-state index >= 15 is 0 Å². The highest BCUT2D eigenvalue weighted by Gasteiger charge is 2.22. The van der Waals surface area contributed by atoms with Crippen molar-refractivity contribution in [2.45, 2.75) is 44.7 Å². The smallest absolute Gasteiger partial charge is 0.307 e. The van der Waals surface area contributed by atoms with Crippen molar-refractivity contribution in [1.82, 2.24) is 8.87 Å². The van der Waals surface area contributed by atoms with E-state index in [4.69, 9.17) is 0 Å². The van der Waals surface area contributed by atoms with Crippen molar-refractivity contribution < 1.29 is 13.2 Å². The molecule has 0 radical (unpaired) electrons. The Balaban J connectivity index is 2.01. The van der Waals surface area contributed by atoms with E-state index in [1.807, 2.05) is 6.92 Å². The standard InChI is InChI=1S/C17H23N3O4S2/c1-12(2)19(4)26(23,24)15-7-5-14(6-8-15)18-16(21)9-10-20-13(3)11-25-17(20)22/h5-8,11-12H,9-10H2,1-4H3,(H,18,21). The van der Waals surface area contributed by atoms with E-state index in [1.165, 1.54) is 23.5 Å². The molecule has 1 N–H and O–H groups in total. The number of hydrogen-bond acceptors (Lipinski definition) is 5. The lowest BCUT2D eigenvalue weighted by molar-refractivity contribution is -0.116. The number of amides is 1. The summed E-state index contributed by atoms with van der Waals surface area (Å²) in [5.41, 5.74) is 1.34. The zero-order valence-electron chi connectivity index (χ0n) is 15.2. The summed E-state index contributed by atoms with van der Waals surface area (Å²) in [6, 6.07) is 5.90. The van der Waals surface area contributed by atoms with Gasteiger partial charge in [-0.25, -0.2) is 8.42 Å². The number of sulfonamides is 1. The summed E-state index contributed by atoms with van der Waals surface area (Å²) in [7, 11) is -2.02. The maximum absolute atomic E-state index is 12.4. The molecule has 2 aromatic rings. The molecule has 9 heteroatoms. The Morgan fingerprint density at radius 2 is 1.88 bits per heavy atom. The fourth-order valence-corrected chi connectivity index (χ4v) is 4.39. The van der Waals surface area contributed by atoms with Gasteiger partial charge >= 0.3 is 4.87 Å². The van der Waals surface area contributed by atoms with Crippen LogP contribution >= 0.6 is 11.3 Å². The number of nitrogens with zero attached hydrogens (tertiary/aromatic N) is 2. The molecule has 0 saturated carbocycles. The molecule has 0 unspecified atom stereocenters. The molecule has 1 aromatic carbocycles. The number of rotatable bonds is 7. The summed E-state index contributed by atoms with van der Waals surface area (Å²) in [6.07, 6.45) is 0.160. The van der Waals surface area contributed by atoms with Gasteiger partial charge in [0.25, 0.3) is 0 Å². The number of hydrogen-bond donors (Lipinski definition) is 1. The van der Waals surface area contributed by atoms with Gasteiger partial charge in [-0.05, 0) is 45.0 Å². The van der Waals surface area contributed by atoms with Crippen molar-refractivity contribution in [3.05, 3.63) is 45.0 Å². The Morgan fingerprint density at radius 1 is 1.27 bits per heavy atom. The van der Waals surface area contributed by atoms with Crippen LogP contribution < -0.4 is 10.2 Å². The van der Waals surface area contributed by atoms with Gasteiger partial charge in [0.2, 0.25) is 15.9 Å². The monoisotopic (exact) mass is 397 g/mol. The van der Waals surface area contributed by atoms with Crippen LogP contribution in [0.2, 0.25) is 0 Å². The molecular weight excluding hydrogens is 374 g/mol. The molecule has 0 saturated heterocycles. The lowest BCUT2D eigenvalue weighted by Crippen LogP contribution is -2.33. The summed E-state index contributed by atoms with van der Waals surface area (Å²) >= 11 is 1.11. The average Bonchev–Trinajstić information content (AvgIpc) is 2.91. The molecule has 2 rings (SSSR count). The van der Waals surface area contributed by atoms with Gasteiger partial charge in [-0.1, -0.05) is 11.3 Å². The summed E-state index contributed by atoms with van der Waals surface area (Å²) < 4.78 is 27.7. The first-order valence-corrected chi connectivity index (χ1v) is 10.5. The minimum atomic E-state index is -3.55. The quantitative estimate of drug-likeness (QED) is 0.776. The van der Waals surface area contributed by atoms with E-state index in [0.29, 0.717) is 12.2 Å². The highest BCUT2D eigenvalue weighted by molar-refractivity contribution is 7.89. The van der Waals surface area contributed by atoms with Crippen LogP contribution in [-0.2, 0) is 21.4 Å². The van der Waals surface area contributed by atoms with Crippen LogP contribution in [0.15, 0.2) is 39.3 Å². The van der Waals surface area contributed by atoms with Crippen LogP contribution in [0, 0.1) is 6.92 Å². The van der Waals surface area contributed by atoms with E-state index < -0.39 is 10.0 Å². The van der Waals surface area contributed by atoms with Gasteiger partial charge < -0.3 is 9.88 Å². The Hall–Kier alpha value is -1.97. The molecule has 1 aromatic heterocycles. The molecule has 0 aliphatic rings. The van der Waals surface area contributed by atoms with E-state index in [9.17, 15) is 18.0 Å². The number of thiazole rings is 1. The van der Waals surface area contributed by atoms with E-state index in [1.54, 1.807) is 35.9 Å². The molecule has 7 nitrogen and oxygen atoms in total. The maximum Gasteiger partial charge on any atom is 0.307 e. The highest BCUT2D eigenvalue weighted by atomic mass is 32.2. The molecular formula is C17H23N3O4S2. The molecule has 0 bridgehead atoms. The Bertz CT molecular complexity index is 928. The average molecular weight is 398 g/mol. The molecule has 26 heavy (non-hydrogen) atoms. The lowest BCUT2D eigenvalue weighted by Gasteiger charge is -2.21. The van der Waals surface area contributed by atoms with Crippen molar-refractivity contribution >= 4 is 33.0 Å². The zero-order valence-corrected chi connectivity index (χ0v) is 16.9. The summed E-state index contributed by atoms with van der Waals surface area (Å²) in [6.45, 7) is 5.73. The van der Waals surface area contributed by atoms with Crippen LogP contribution in [0.1, 0.15) is 26.0 Å². The molecule has 0 aliphatic carbocycles. The predicted molar refractivity (Wildman–Crippen MR) is 103 cm³/mol. The number of benzene rings is 1. The third kappa shape index (κ3) is 4.60. The predicted octanol–water partition coefficient (Wildman–Crippen LogP) is 2.28. The van der Waals surface area contributed by atoms with Gasteiger partial charge in [-0.2, -0.15) is 4.31 Å². The van der Waals surface area contributed by atoms with Gasteiger partial charge in [0.15, 0.2) is 0 Å². The number of carbonyl (C=O) groups excluding carboxylic acids is 1. The Labute approximate surface area is 157 Å². The molecule has 0 atom stereocenters. The lowest BCUT2D eigenvalue weighted by atomic mass is 10.3. The van der Waals surface area contributed by atoms with Gasteiger partial charge in [-0.3, -0.25) is 9.59 Å². The minimum absolute atomic E-state index is 0.0841. The fourth-order valence-electron chi connectivity index (χ4n) is 2.27. The second-order valence-corrected chi connectivity index (χ2v) is 9.05. The topological polar surface area (TPSA) is 88.5 Å². The van der Waals surface area contributed by atoms with Crippen LogP contribution in [0.5, 0.6) is 0 Å². The number of nitrogens with one attached hydrogen (secondary N) is 1. The van der Waals surface area contributed by atoms with Crippen molar-refractivity contribution in [3.63, 3.8) is 0 Å². The van der Waals surface area contributed by atoms with Crippen molar-refractivity contribution in [3.8, 4) is 0 Å². The second-order valence-electron chi connectivity index (χ2n) is 6.23. The van der Waals surface area contributed by atoms with Crippen molar-refractivity contribution in [2.24, 2.45) is 0 Å². The van der Waals surface area contributed by atoms with Crippen LogP contribution in [0.4, 0.5) is 5.69 Å². The SMILES string of the molecule is Cc1csc(=O)n1CCC(=O)Nc1ccc(S(=O)(=O)N(C)C(C)C)cc1. The van der Waals surface area contributed by atoms with E-state index in [0.717, 1.165) is 17.0 Å². The molecule has 0 fully saturated rings. The first-order valence-electron chi connectivity index (χ1n) is 8.16. The summed E-state index contributed by atoms with van der Waals surface area (Å²) in [4.78, 5) is 23.8. The largest absolute Gasteiger partial charge is 0.326 e. The number of carbonyl (C=O) groups is 1. The second kappa shape index (κ2) is 8.15. The highest BCUT2D eigenvalue weighted by Crippen LogP contribution is 2.19. The molecule has 142 valence electrons. The Kier molecular flexibility index (Phi) is 6.38. The zero-order chi connectivity index (χ0) is 19.5. The molecule has 0 spiro atoms. The number of anilines is 1. The van der Waals surface area contributed by atoms with Crippen LogP contribution in [0.25, 0.3) is 0 Å².